The van der Waals surface area contributed by atoms with Gasteiger partial charge in [-0.15, -0.1) is 0 Å². The van der Waals surface area contributed by atoms with E-state index in [4.69, 9.17) is 5.10 Å². The van der Waals surface area contributed by atoms with Crippen molar-refractivity contribution < 1.29 is 4.57 Å². The summed E-state index contributed by atoms with van der Waals surface area (Å²) in [4.78, 5) is 0. The van der Waals surface area contributed by atoms with Gasteiger partial charge in [0.25, 0.3) is 0 Å². The summed E-state index contributed by atoms with van der Waals surface area (Å²) in [7, 11) is 0. The van der Waals surface area contributed by atoms with Crippen molar-refractivity contribution in [3.05, 3.63) is 132 Å². The van der Waals surface area contributed by atoms with Crippen LogP contribution in [0.5, 0.6) is 0 Å². The average molecular weight is 378 g/mol. The lowest BCUT2D eigenvalue weighted by molar-refractivity contribution is -0.688. The molecule has 1 heterocycles. The molecule has 0 N–H and O–H groups in total. The maximum absolute atomic E-state index is 4.77. The average Bonchev–Trinajstić information content (AvgIpc) is 2.79. The van der Waals surface area contributed by atoms with E-state index in [1.165, 1.54) is 11.1 Å². The highest BCUT2D eigenvalue weighted by Crippen LogP contribution is 2.17. The lowest BCUT2D eigenvalue weighted by atomic mass is 10.2. The molecule has 0 amide bonds. The molecule has 3 nitrogen and oxygen atoms in total. The van der Waals surface area contributed by atoms with E-state index in [1.807, 2.05) is 41.6 Å². The summed E-state index contributed by atoms with van der Waals surface area (Å²) in [6, 6.07) is 35.3. The first-order chi connectivity index (χ1) is 14.4. The number of hydrogen-bond acceptors (Lipinski definition) is 2. The van der Waals surface area contributed by atoms with Crippen molar-refractivity contribution >= 4 is 11.9 Å². The topological polar surface area (TPSA) is 19.5 Å². The second kappa shape index (κ2) is 9.47. The Labute approximate surface area is 172 Å². The predicted molar refractivity (Wildman–Crippen MR) is 119 cm³/mol. The number of benzene rings is 3. The molecule has 0 atom stereocenters. The van der Waals surface area contributed by atoms with Crippen LogP contribution < -0.4 is 9.58 Å². The van der Waals surface area contributed by atoms with Crippen LogP contribution in [-0.4, -0.2) is 6.21 Å². The van der Waals surface area contributed by atoms with Crippen molar-refractivity contribution in [3.8, 4) is 0 Å². The van der Waals surface area contributed by atoms with Gasteiger partial charge in [-0.25, -0.2) is 4.57 Å². The maximum atomic E-state index is 4.77. The third-order valence-electron chi connectivity index (χ3n) is 4.70. The van der Waals surface area contributed by atoms with Crippen LogP contribution in [0.4, 0.5) is 5.69 Å². The summed E-state index contributed by atoms with van der Waals surface area (Å²) in [5, 5.41) is 6.80. The minimum atomic E-state index is 0.724. The zero-order chi connectivity index (χ0) is 19.7. The van der Waals surface area contributed by atoms with Crippen molar-refractivity contribution in [3.63, 3.8) is 0 Å². The fourth-order valence-corrected chi connectivity index (χ4v) is 3.15. The molecule has 4 aromatic rings. The smallest absolute Gasteiger partial charge is 0.173 e. The fourth-order valence-electron chi connectivity index (χ4n) is 3.15. The summed E-state index contributed by atoms with van der Waals surface area (Å²) < 4.78 is 2.17. The Morgan fingerprint density at radius 2 is 1.21 bits per heavy atom. The van der Waals surface area contributed by atoms with E-state index in [-0.39, 0.29) is 0 Å². The first kappa shape index (κ1) is 18.6. The SMILES string of the molecule is C(=NN(Cc1ccccc1)c1ccccc1)c1cc[n+](Cc2ccccc2)cc1. The molecule has 142 valence electrons. The normalized spacial score (nSPS) is 10.9. The second-order valence-corrected chi connectivity index (χ2v) is 6.91. The first-order valence-corrected chi connectivity index (χ1v) is 9.80. The van der Waals surface area contributed by atoms with Gasteiger partial charge >= 0.3 is 0 Å². The number of rotatable bonds is 7. The number of nitrogens with zero attached hydrogens (tertiary/aromatic N) is 3. The van der Waals surface area contributed by atoms with Crippen LogP contribution >= 0.6 is 0 Å². The standard InChI is InChI=1S/C26H24N3/c1-4-10-24(11-5-1)21-28-18-16-23(17-19-28)20-27-29(26-14-8-3-9-15-26)22-25-12-6-2-7-13-25/h1-20H,21-22H2/q+1. The Balaban J connectivity index is 1.49. The van der Waals surface area contributed by atoms with Gasteiger partial charge in [0.1, 0.15) is 0 Å². The first-order valence-electron chi connectivity index (χ1n) is 9.80. The van der Waals surface area contributed by atoms with Gasteiger partial charge in [-0.05, 0) is 17.7 Å². The van der Waals surface area contributed by atoms with E-state index in [0.717, 1.165) is 24.3 Å². The zero-order valence-corrected chi connectivity index (χ0v) is 16.3. The van der Waals surface area contributed by atoms with Crippen molar-refractivity contribution in [1.82, 2.24) is 0 Å². The van der Waals surface area contributed by atoms with Gasteiger partial charge < -0.3 is 0 Å². The van der Waals surface area contributed by atoms with E-state index < -0.39 is 0 Å². The zero-order valence-electron chi connectivity index (χ0n) is 16.3. The van der Waals surface area contributed by atoms with Gasteiger partial charge in [0.05, 0.1) is 18.4 Å². The number of hydrogen-bond donors (Lipinski definition) is 0. The maximum Gasteiger partial charge on any atom is 0.173 e. The summed E-state index contributed by atoms with van der Waals surface area (Å²) in [6.07, 6.45) is 6.11. The van der Waals surface area contributed by atoms with Crippen molar-refractivity contribution in [2.75, 3.05) is 5.01 Å². The van der Waals surface area contributed by atoms with Gasteiger partial charge in [0.2, 0.25) is 0 Å². The van der Waals surface area contributed by atoms with Crippen LogP contribution in [0.2, 0.25) is 0 Å². The molecular formula is C26H24N3+. The highest BCUT2D eigenvalue weighted by molar-refractivity contribution is 5.79. The van der Waals surface area contributed by atoms with Crippen LogP contribution in [-0.2, 0) is 13.1 Å². The number of hydrazone groups is 1. The molecule has 0 aliphatic rings. The molecule has 0 radical (unpaired) electrons. The highest BCUT2D eigenvalue weighted by Gasteiger charge is 2.06. The molecule has 0 aliphatic heterocycles. The Kier molecular flexibility index (Phi) is 6.08. The molecule has 29 heavy (non-hydrogen) atoms. The molecule has 4 rings (SSSR count). The second-order valence-electron chi connectivity index (χ2n) is 6.91. The van der Waals surface area contributed by atoms with Crippen LogP contribution in [0.25, 0.3) is 0 Å². The molecule has 0 aliphatic carbocycles. The summed E-state index contributed by atoms with van der Waals surface area (Å²) in [5.74, 6) is 0. The van der Waals surface area contributed by atoms with Gasteiger partial charge in [-0.2, -0.15) is 5.10 Å². The van der Waals surface area contributed by atoms with E-state index in [1.54, 1.807) is 0 Å². The molecule has 0 bridgehead atoms. The minimum absolute atomic E-state index is 0.724. The number of para-hydroxylation sites is 1. The quantitative estimate of drug-likeness (QED) is 0.250. The number of anilines is 1. The van der Waals surface area contributed by atoms with Gasteiger partial charge in [0, 0.05) is 23.3 Å². The van der Waals surface area contributed by atoms with Crippen molar-refractivity contribution in [1.29, 1.82) is 0 Å². The van der Waals surface area contributed by atoms with E-state index >= 15 is 0 Å². The molecule has 0 unspecified atom stereocenters. The number of pyridine rings is 1. The molecule has 0 spiro atoms. The molecule has 1 aromatic heterocycles. The third kappa shape index (κ3) is 5.39. The third-order valence-corrected chi connectivity index (χ3v) is 4.70. The minimum Gasteiger partial charge on any atom is -0.261 e. The molecule has 3 aromatic carbocycles. The van der Waals surface area contributed by atoms with E-state index in [2.05, 4.69) is 89.8 Å². The van der Waals surface area contributed by atoms with Crippen LogP contribution in [0.15, 0.2) is 121 Å². The Morgan fingerprint density at radius 3 is 1.83 bits per heavy atom. The van der Waals surface area contributed by atoms with Gasteiger partial charge in [-0.3, -0.25) is 5.01 Å². The lowest BCUT2D eigenvalue weighted by Gasteiger charge is -2.19. The summed E-state index contributed by atoms with van der Waals surface area (Å²) in [5.41, 5.74) is 4.66. The van der Waals surface area contributed by atoms with Crippen LogP contribution in [0.1, 0.15) is 16.7 Å². The van der Waals surface area contributed by atoms with Gasteiger partial charge in [-0.1, -0.05) is 78.9 Å². The molecule has 0 saturated carbocycles. The highest BCUT2D eigenvalue weighted by atomic mass is 15.4. The lowest BCUT2D eigenvalue weighted by Crippen LogP contribution is -2.33. The Morgan fingerprint density at radius 1 is 0.655 bits per heavy atom. The molecule has 0 saturated heterocycles. The van der Waals surface area contributed by atoms with Crippen molar-refractivity contribution in [2.45, 2.75) is 13.1 Å². The summed E-state index contributed by atoms with van der Waals surface area (Å²) >= 11 is 0. The van der Waals surface area contributed by atoms with Crippen LogP contribution in [0.3, 0.4) is 0 Å². The number of aromatic nitrogens is 1. The predicted octanol–water partition coefficient (Wildman–Crippen LogP) is 5.06. The largest absolute Gasteiger partial charge is 0.261 e. The Hall–Kier alpha value is -3.72. The fraction of sp³-hybridized carbons (Fsp3) is 0.0769. The molecule has 0 fully saturated rings. The molecule has 3 heteroatoms. The van der Waals surface area contributed by atoms with E-state index in [9.17, 15) is 0 Å². The monoisotopic (exact) mass is 378 g/mol. The van der Waals surface area contributed by atoms with Crippen molar-refractivity contribution in [2.24, 2.45) is 5.10 Å². The van der Waals surface area contributed by atoms with Gasteiger partial charge in [0.15, 0.2) is 18.9 Å². The van der Waals surface area contributed by atoms with Crippen LogP contribution in [0, 0.1) is 0 Å². The summed E-state index contributed by atoms with van der Waals surface area (Å²) in [6.45, 7) is 1.59. The molecular weight excluding hydrogens is 354 g/mol. The Bertz CT molecular complexity index is 1030. The van der Waals surface area contributed by atoms with E-state index in [0.29, 0.717) is 0 Å².